The molecule has 1 aliphatic heterocycles. The molecule has 0 bridgehead atoms. The molecular weight excluding hydrogens is 204 g/mol. The molecule has 1 heterocycles. The SMILES string of the molecule is CCC1(COC)CN=C(N)N1CCN(C)C. The minimum absolute atomic E-state index is 0.0329. The first-order valence-corrected chi connectivity index (χ1v) is 5.77. The van der Waals surface area contributed by atoms with E-state index in [2.05, 4.69) is 35.8 Å². The molecule has 0 aromatic heterocycles. The van der Waals surface area contributed by atoms with Crippen LogP contribution >= 0.6 is 0 Å². The lowest BCUT2D eigenvalue weighted by molar-refractivity contribution is 0.0606. The van der Waals surface area contributed by atoms with Crippen LogP contribution in [0.2, 0.25) is 0 Å². The maximum absolute atomic E-state index is 5.95. The van der Waals surface area contributed by atoms with Crippen LogP contribution in [-0.4, -0.2) is 68.7 Å². The molecule has 0 fully saturated rings. The Bertz CT molecular complexity index is 254. The van der Waals surface area contributed by atoms with Crippen molar-refractivity contribution >= 4 is 5.96 Å². The molecule has 0 saturated carbocycles. The van der Waals surface area contributed by atoms with Crippen molar-refractivity contribution in [1.29, 1.82) is 0 Å². The largest absolute Gasteiger partial charge is 0.382 e. The molecule has 5 heteroatoms. The number of nitrogens with two attached hydrogens (primary N) is 1. The summed E-state index contributed by atoms with van der Waals surface area (Å²) in [5.41, 5.74) is 5.92. The van der Waals surface area contributed by atoms with Gasteiger partial charge in [-0.2, -0.15) is 0 Å². The normalized spacial score (nSPS) is 25.3. The van der Waals surface area contributed by atoms with Crippen LogP contribution in [0.15, 0.2) is 4.99 Å². The molecule has 0 spiro atoms. The van der Waals surface area contributed by atoms with Crippen LogP contribution in [0.1, 0.15) is 13.3 Å². The minimum atomic E-state index is -0.0329. The Morgan fingerprint density at radius 2 is 2.25 bits per heavy atom. The molecule has 1 unspecified atom stereocenters. The van der Waals surface area contributed by atoms with E-state index in [1.807, 2.05) is 0 Å². The van der Waals surface area contributed by atoms with E-state index in [0.717, 1.165) is 26.1 Å². The Morgan fingerprint density at radius 1 is 1.56 bits per heavy atom. The second-order valence-corrected chi connectivity index (χ2v) is 4.64. The van der Waals surface area contributed by atoms with Crippen molar-refractivity contribution in [1.82, 2.24) is 9.80 Å². The summed E-state index contributed by atoms with van der Waals surface area (Å²) in [5.74, 6) is 0.653. The van der Waals surface area contributed by atoms with Crippen molar-refractivity contribution in [3.05, 3.63) is 0 Å². The van der Waals surface area contributed by atoms with Crippen LogP contribution in [0.3, 0.4) is 0 Å². The number of aliphatic imine (C=N–C) groups is 1. The summed E-state index contributed by atoms with van der Waals surface area (Å²) >= 11 is 0. The molecule has 1 aliphatic rings. The summed E-state index contributed by atoms with van der Waals surface area (Å²) in [5, 5.41) is 0. The van der Waals surface area contributed by atoms with E-state index in [4.69, 9.17) is 10.5 Å². The molecule has 16 heavy (non-hydrogen) atoms. The molecule has 2 N–H and O–H groups in total. The van der Waals surface area contributed by atoms with Gasteiger partial charge in [-0.1, -0.05) is 6.92 Å². The summed E-state index contributed by atoms with van der Waals surface area (Å²) in [6.07, 6.45) is 0.998. The van der Waals surface area contributed by atoms with Gasteiger partial charge in [0.25, 0.3) is 0 Å². The topological polar surface area (TPSA) is 54.1 Å². The maximum Gasteiger partial charge on any atom is 0.191 e. The first kappa shape index (κ1) is 13.3. The summed E-state index contributed by atoms with van der Waals surface area (Å²) in [6.45, 7) is 5.47. The van der Waals surface area contributed by atoms with E-state index in [0.29, 0.717) is 12.6 Å². The highest BCUT2D eigenvalue weighted by atomic mass is 16.5. The molecule has 1 atom stereocenters. The highest BCUT2D eigenvalue weighted by Crippen LogP contribution is 2.25. The van der Waals surface area contributed by atoms with Crippen LogP contribution < -0.4 is 5.73 Å². The molecule has 0 saturated heterocycles. The van der Waals surface area contributed by atoms with Crippen molar-refractivity contribution in [2.75, 3.05) is 47.4 Å². The van der Waals surface area contributed by atoms with Gasteiger partial charge < -0.3 is 20.3 Å². The Hall–Kier alpha value is -0.810. The smallest absolute Gasteiger partial charge is 0.191 e. The molecular formula is C11H24N4O. The first-order chi connectivity index (χ1) is 7.55. The Labute approximate surface area is 98.3 Å². The zero-order valence-corrected chi connectivity index (χ0v) is 10.9. The molecule has 0 amide bonds. The molecule has 0 aromatic carbocycles. The third-order valence-electron chi connectivity index (χ3n) is 3.23. The van der Waals surface area contributed by atoms with E-state index in [-0.39, 0.29) is 5.54 Å². The lowest BCUT2D eigenvalue weighted by atomic mass is 9.96. The van der Waals surface area contributed by atoms with Gasteiger partial charge in [-0.15, -0.1) is 0 Å². The maximum atomic E-state index is 5.95. The summed E-state index contributed by atoms with van der Waals surface area (Å²) < 4.78 is 5.32. The second kappa shape index (κ2) is 5.50. The van der Waals surface area contributed by atoms with Crippen molar-refractivity contribution in [2.45, 2.75) is 18.9 Å². The highest BCUT2D eigenvalue weighted by Gasteiger charge is 2.40. The number of likely N-dealkylation sites (N-methyl/N-ethyl adjacent to an activating group) is 1. The van der Waals surface area contributed by atoms with Gasteiger partial charge in [0, 0.05) is 20.2 Å². The number of nitrogens with zero attached hydrogens (tertiary/aromatic N) is 3. The van der Waals surface area contributed by atoms with Gasteiger partial charge in [-0.05, 0) is 20.5 Å². The average molecular weight is 228 g/mol. The van der Waals surface area contributed by atoms with Crippen LogP contribution in [0.5, 0.6) is 0 Å². The second-order valence-electron chi connectivity index (χ2n) is 4.64. The van der Waals surface area contributed by atoms with E-state index in [1.54, 1.807) is 7.11 Å². The van der Waals surface area contributed by atoms with Gasteiger partial charge in [-0.25, -0.2) is 0 Å². The van der Waals surface area contributed by atoms with Crippen LogP contribution in [0.25, 0.3) is 0 Å². The third kappa shape index (κ3) is 2.65. The zero-order valence-electron chi connectivity index (χ0n) is 10.9. The lowest BCUT2D eigenvalue weighted by Gasteiger charge is -2.38. The Morgan fingerprint density at radius 3 is 2.75 bits per heavy atom. The first-order valence-electron chi connectivity index (χ1n) is 5.77. The number of hydrogen-bond donors (Lipinski definition) is 1. The molecule has 5 nitrogen and oxygen atoms in total. The summed E-state index contributed by atoms with van der Waals surface area (Å²) in [7, 11) is 5.86. The number of hydrogen-bond acceptors (Lipinski definition) is 5. The van der Waals surface area contributed by atoms with E-state index >= 15 is 0 Å². The molecule has 1 rings (SSSR count). The number of ether oxygens (including phenoxy) is 1. The summed E-state index contributed by atoms with van der Waals surface area (Å²) in [6, 6.07) is 0. The predicted octanol–water partition coefficient (Wildman–Crippen LogP) is -0.0265. The fraction of sp³-hybridized carbons (Fsp3) is 0.909. The van der Waals surface area contributed by atoms with Crippen LogP contribution in [0.4, 0.5) is 0 Å². The fourth-order valence-electron chi connectivity index (χ4n) is 2.09. The van der Waals surface area contributed by atoms with E-state index < -0.39 is 0 Å². The lowest BCUT2D eigenvalue weighted by Crippen LogP contribution is -2.55. The van der Waals surface area contributed by atoms with Gasteiger partial charge in [-0.3, -0.25) is 4.99 Å². The zero-order chi connectivity index (χ0) is 12.2. The quantitative estimate of drug-likeness (QED) is 0.694. The molecule has 0 aromatic rings. The van der Waals surface area contributed by atoms with Gasteiger partial charge >= 0.3 is 0 Å². The van der Waals surface area contributed by atoms with Crippen molar-refractivity contribution in [3.8, 4) is 0 Å². The number of methoxy groups -OCH3 is 1. The van der Waals surface area contributed by atoms with Crippen molar-refractivity contribution in [3.63, 3.8) is 0 Å². The van der Waals surface area contributed by atoms with Crippen molar-refractivity contribution in [2.24, 2.45) is 10.7 Å². The fourth-order valence-corrected chi connectivity index (χ4v) is 2.09. The molecule has 0 aliphatic carbocycles. The third-order valence-corrected chi connectivity index (χ3v) is 3.23. The predicted molar refractivity (Wildman–Crippen MR) is 66.6 cm³/mol. The van der Waals surface area contributed by atoms with Crippen molar-refractivity contribution < 1.29 is 4.74 Å². The van der Waals surface area contributed by atoms with E-state index in [1.165, 1.54) is 0 Å². The van der Waals surface area contributed by atoms with Gasteiger partial charge in [0.15, 0.2) is 5.96 Å². The standard InChI is InChI=1S/C11H24N4O/c1-5-11(9-16-4)8-13-10(12)15(11)7-6-14(2)3/h5-9H2,1-4H3,(H2,12,13). The number of rotatable bonds is 6. The number of guanidine groups is 1. The van der Waals surface area contributed by atoms with E-state index in [9.17, 15) is 0 Å². The minimum Gasteiger partial charge on any atom is -0.382 e. The Kier molecular flexibility index (Phi) is 4.56. The Balaban J connectivity index is 2.70. The van der Waals surface area contributed by atoms with Crippen LogP contribution in [0, 0.1) is 0 Å². The van der Waals surface area contributed by atoms with Gasteiger partial charge in [0.1, 0.15) is 0 Å². The van der Waals surface area contributed by atoms with Gasteiger partial charge in [0.05, 0.1) is 18.7 Å². The highest BCUT2D eigenvalue weighted by molar-refractivity contribution is 5.81. The monoisotopic (exact) mass is 228 g/mol. The molecule has 0 radical (unpaired) electrons. The van der Waals surface area contributed by atoms with Crippen LogP contribution in [-0.2, 0) is 4.74 Å². The summed E-state index contributed by atoms with van der Waals surface area (Å²) in [4.78, 5) is 8.70. The molecule has 94 valence electrons. The van der Waals surface area contributed by atoms with Gasteiger partial charge in [0.2, 0.25) is 0 Å². The average Bonchev–Trinajstić information content (AvgIpc) is 2.54.